The van der Waals surface area contributed by atoms with Crippen molar-refractivity contribution in [2.75, 3.05) is 12.4 Å². The predicted molar refractivity (Wildman–Crippen MR) is 59.2 cm³/mol. The van der Waals surface area contributed by atoms with Crippen LogP contribution >= 0.6 is 11.3 Å². The molecule has 2 amide bonds. The maximum Gasteiger partial charge on any atom is 0.273 e. The smallest absolute Gasteiger partial charge is 0.273 e. The topological polar surface area (TPSA) is 107 Å². The molecule has 0 radical (unpaired) electrons. The van der Waals surface area contributed by atoms with Crippen LogP contribution in [-0.4, -0.2) is 29.6 Å². The molecule has 0 unspecified atom stereocenters. The Hall–Kier alpha value is -1.96. The van der Waals surface area contributed by atoms with Gasteiger partial charge in [0.05, 0.1) is 0 Å². The summed E-state index contributed by atoms with van der Waals surface area (Å²) in [6, 6.07) is 0. The monoisotopic (exact) mass is 242 g/mol. The van der Waals surface area contributed by atoms with Crippen LogP contribution in [0.5, 0.6) is 0 Å². The van der Waals surface area contributed by atoms with E-state index in [9.17, 15) is 9.59 Å². The summed E-state index contributed by atoms with van der Waals surface area (Å²) in [7, 11) is 1.30. The van der Waals surface area contributed by atoms with E-state index in [2.05, 4.69) is 20.3 Å². The number of rotatable bonds is 4. The first kappa shape index (κ1) is 12.1. The number of anilines is 1. The Morgan fingerprint density at radius 3 is 2.81 bits per heavy atom. The Balaban J connectivity index is 2.95. The van der Waals surface area contributed by atoms with E-state index in [1.54, 1.807) is 5.38 Å². The normalized spacial score (nSPS) is 11.0. The molecule has 0 bridgehead atoms. The van der Waals surface area contributed by atoms with Crippen molar-refractivity contribution in [3.05, 3.63) is 11.1 Å². The molecule has 7 nitrogen and oxygen atoms in total. The number of hydrogen-bond acceptors (Lipinski definition) is 6. The van der Waals surface area contributed by atoms with Gasteiger partial charge in [-0.3, -0.25) is 9.59 Å². The van der Waals surface area contributed by atoms with Gasteiger partial charge in [-0.25, -0.2) is 4.98 Å². The average molecular weight is 242 g/mol. The number of aromatic nitrogens is 1. The molecule has 3 N–H and O–H groups in total. The molecule has 1 aromatic heterocycles. The molecule has 1 aromatic rings. The van der Waals surface area contributed by atoms with Crippen molar-refractivity contribution in [3.8, 4) is 0 Å². The molecule has 0 saturated carbocycles. The van der Waals surface area contributed by atoms with Crippen molar-refractivity contribution < 1.29 is 14.4 Å². The highest BCUT2D eigenvalue weighted by atomic mass is 32.1. The Morgan fingerprint density at radius 1 is 1.62 bits per heavy atom. The molecule has 16 heavy (non-hydrogen) atoms. The Kier molecular flexibility index (Phi) is 3.95. The van der Waals surface area contributed by atoms with Gasteiger partial charge >= 0.3 is 0 Å². The molecule has 0 aliphatic carbocycles. The van der Waals surface area contributed by atoms with Gasteiger partial charge in [0.1, 0.15) is 12.8 Å². The second kappa shape index (κ2) is 5.21. The lowest BCUT2D eigenvalue weighted by Gasteiger charge is -1.96. The Bertz CT molecular complexity index is 440. The molecule has 1 rings (SSSR count). The van der Waals surface area contributed by atoms with E-state index in [1.165, 1.54) is 14.0 Å². The predicted octanol–water partition coefficient (Wildman–Crippen LogP) is -0.0627. The number of hydrogen-bond donors (Lipinski definition) is 2. The highest BCUT2D eigenvalue weighted by molar-refractivity contribution is 7.14. The van der Waals surface area contributed by atoms with E-state index in [0.717, 1.165) is 11.3 Å². The van der Waals surface area contributed by atoms with Crippen LogP contribution in [0, 0.1) is 0 Å². The minimum Gasteiger partial charge on any atom is -0.398 e. The number of nitrogens with zero attached hydrogens (tertiary/aromatic N) is 2. The third-order valence-electron chi connectivity index (χ3n) is 1.45. The number of oxime groups is 1. The van der Waals surface area contributed by atoms with Crippen LogP contribution in [0.25, 0.3) is 0 Å². The van der Waals surface area contributed by atoms with Gasteiger partial charge in [-0.05, 0) is 0 Å². The van der Waals surface area contributed by atoms with Crippen LogP contribution in [0.4, 0.5) is 5.13 Å². The molecular weight excluding hydrogens is 232 g/mol. The summed E-state index contributed by atoms with van der Waals surface area (Å²) in [5, 5.41) is 7.86. The van der Waals surface area contributed by atoms with Crippen LogP contribution in [0.2, 0.25) is 0 Å². The van der Waals surface area contributed by atoms with E-state index < -0.39 is 5.91 Å². The van der Waals surface area contributed by atoms with Crippen molar-refractivity contribution in [1.82, 2.24) is 4.98 Å². The highest BCUT2D eigenvalue weighted by Gasteiger charge is 2.15. The molecule has 8 heteroatoms. The molecule has 86 valence electrons. The van der Waals surface area contributed by atoms with Crippen LogP contribution in [0.3, 0.4) is 0 Å². The van der Waals surface area contributed by atoms with Gasteiger partial charge in [-0.2, -0.15) is 0 Å². The molecule has 0 aliphatic heterocycles. The lowest BCUT2D eigenvalue weighted by atomic mass is 10.3. The number of carbonyl (C=O) groups excluding carboxylic acids is 2. The van der Waals surface area contributed by atoms with Gasteiger partial charge in [0.15, 0.2) is 10.8 Å². The van der Waals surface area contributed by atoms with Gasteiger partial charge in [-0.15, -0.1) is 11.3 Å². The van der Waals surface area contributed by atoms with E-state index in [-0.39, 0.29) is 17.3 Å². The van der Waals surface area contributed by atoms with E-state index in [0.29, 0.717) is 5.13 Å². The number of thiazole rings is 1. The molecule has 0 aromatic carbocycles. The molecule has 0 saturated heterocycles. The zero-order valence-corrected chi connectivity index (χ0v) is 9.50. The van der Waals surface area contributed by atoms with Crippen molar-refractivity contribution in [1.29, 1.82) is 0 Å². The third-order valence-corrected chi connectivity index (χ3v) is 2.20. The first-order valence-corrected chi connectivity index (χ1v) is 5.07. The van der Waals surface area contributed by atoms with Crippen LogP contribution in [-0.2, 0) is 14.4 Å². The van der Waals surface area contributed by atoms with Crippen molar-refractivity contribution in [2.24, 2.45) is 10.9 Å². The lowest BCUT2D eigenvalue weighted by molar-refractivity contribution is -0.114. The Labute approximate surface area is 95.3 Å². The second-order valence-corrected chi connectivity index (χ2v) is 3.56. The number of amides is 2. The van der Waals surface area contributed by atoms with Crippen molar-refractivity contribution in [3.63, 3.8) is 0 Å². The summed E-state index contributed by atoms with van der Waals surface area (Å²) in [5.41, 5.74) is 5.27. The van der Waals surface area contributed by atoms with Gasteiger partial charge in [-0.1, -0.05) is 5.16 Å². The summed E-state index contributed by atoms with van der Waals surface area (Å²) in [5.74, 6) is -0.994. The minimum atomic E-state index is -0.749. The Morgan fingerprint density at radius 2 is 2.31 bits per heavy atom. The van der Waals surface area contributed by atoms with Crippen LogP contribution in [0.1, 0.15) is 12.6 Å². The standard InChI is InChI=1S/C8H10N4O3S/c1-4(13)10-8-11-5(3-16-8)6(7(9)14)12-15-2/h3H,1-2H3,(H2,9,14)(H,10,11,13). The average Bonchev–Trinajstić information content (AvgIpc) is 2.60. The number of primary amides is 1. The number of nitrogens with one attached hydrogen (secondary N) is 1. The third kappa shape index (κ3) is 3.02. The minimum absolute atomic E-state index is 0.0876. The maximum atomic E-state index is 11.0. The number of nitrogens with two attached hydrogens (primary N) is 1. The summed E-state index contributed by atoms with van der Waals surface area (Å²) in [6.45, 7) is 1.36. The summed E-state index contributed by atoms with van der Waals surface area (Å²) in [4.78, 5) is 30.2. The maximum absolute atomic E-state index is 11.0. The van der Waals surface area contributed by atoms with E-state index >= 15 is 0 Å². The quantitative estimate of drug-likeness (QED) is 0.569. The fourth-order valence-electron chi connectivity index (χ4n) is 0.900. The first-order chi connectivity index (χ1) is 7.54. The largest absolute Gasteiger partial charge is 0.398 e. The molecular formula is C8H10N4O3S. The summed E-state index contributed by atoms with van der Waals surface area (Å²) in [6.07, 6.45) is 0. The van der Waals surface area contributed by atoms with Crippen LogP contribution in [0.15, 0.2) is 10.5 Å². The summed E-state index contributed by atoms with van der Waals surface area (Å²) < 4.78 is 0. The van der Waals surface area contributed by atoms with Crippen molar-refractivity contribution in [2.45, 2.75) is 6.92 Å². The second-order valence-electron chi connectivity index (χ2n) is 2.71. The highest BCUT2D eigenvalue weighted by Crippen LogP contribution is 2.15. The SMILES string of the molecule is CON=C(C(N)=O)c1csc(NC(C)=O)n1. The summed E-state index contributed by atoms with van der Waals surface area (Å²) >= 11 is 1.16. The molecule has 0 fully saturated rings. The van der Waals surface area contributed by atoms with Crippen molar-refractivity contribution >= 4 is 34.0 Å². The van der Waals surface area contributed by atoms with Gasteiger partial charge in [0, 0.05) is 12.3 Å². The zero-order chi connectivity index (χ0) is 12.1. The lowest BCUT2D eigenvalue weighted by Crippen LogP contribution is -2.24. The van der Waals surface area contributed by atoms with Gasteiger partial charge < -0.3 is 15.9 Å². The first-order valence-electron chi connectivity index (χ1n) is 4.19. The molecule has 0 aliphatic rings. The van der Waals surface area contributed by atoms with Gasteiger partial charge in [0.25, 0.3) is 5.91 Å². The molecule has 1 heterocycles. The number of carbonyl (C=O) groups is 2. The van der Waals surface area contributed by atoms with Crippen LogP contribution < -0.4 is 11.1 Å². The fourth-order valence-corrected chi connectivity index (χ4v) is 1.64. The zero-order valence-electron chi connectivity index (χ0n) is 8.68. The van der Waals surface area contributed by atoms with E-state index in [4.69, 9.17) is 5.73 Å². The fraction of sp³-hybridized carbons (Fsp3) is 0.250. The van der Waals surface area contributed by atoms with Gasteiger partial charge in [0.2, 0.25) is 5.91 Å². The molecule has 0 spiro atoms. The molecule has 0 atom stereocenters. The van der Waals surface area contributed by atoms with E-state index in [1.807, 2.05) is 0 Å².